The molecule has 0 aromatic rings. The number of epoxide rings is 1. The summed E-state index contributed by atoms with van der Waals surface area (Å²) in [5.41, 5.74) is 0. The van der Waals surface area contributed by atoms with Crippen LogP contribution in [0.15, 0.2) is 0 Å². The molecule has 0 amide bonds. The lowest BCUT2D eigenvalue weighted by molar-refractivity contribution is 0.181. The van der Waals surface area contributed by atoms with Crippen LogP contribution in [0.5, 0.6) is 0 Å². The first-order chi connectivity index (χ1) is 3.90. The van der Waals surface area contributed by atoms with E-state index in [1.165, 1.54) is 0 Å². The van der Waals surface area contributed by atoms with Crippen molar-refractivity contribution in [1.82, 2.24) is 0 Å². The molecule has 2 rings (SSSR count). The summed E-state index contributed by atoms with van der Waals surface area (Å²) in [6.45, 7) is 0.358. The van der Waals surface area contributed by atoms with Crippen LogP contribution in [-0.2, 0) is 4.74 Å². The molecule has 0 spiro atoms. The molecule has 2 fully saturated rings. The number of hydrogen-bond acceptors (Lipinski definition) is 2. The van der Waals surface area contributed by atoms with Gasteiger partial charge in [0.05, 0.1) is 12.2 Å². The second-order valence-electron chi connectivity index (χ2n) is 2.73. The summed E-state index contributed by atoms with van der Waals surface area (Å²) in [4.78, 5) is 0. The third-order valence-electron chi connectivity index (χ3n) is 2.08. The number of hydrogen-bond donors (Lipinski definition) is 1. The first-order valence-electron chi connectivity index (χ1n) is 3.16. The van der Waals surface area contributed by atoms with Crippen LogP contribution in [0.25, 0.3) is 0 Å². The zero-order chi connectivity index (χ0) is 5.56. The topological polar surface area (TPSA) is 32.8 Å². The van der Waals surface area contributed by atoms with E-state index in [-0.39, 0.29) is 0 Å². The Morgan fingerprint density at radius 1 is 1.38 bits per heavy atom. The van der Waals surface area contributed by atoms with Gasteiger partial charge in [-0.15, -0.1) is 0 Å². The van der Waals surface area contributed by atoms with E-state index < -0.39 is 0 Å². The van der Waals surface area contributed by atoms with Crippen LogP contribution in [0.2, 0.25) is 0 Å². The predicted octanol–water partition coefficient (Wildman–Crippen LogP) is 0.156. The van der Waals surface area contributed by atoms with Gasteiger partial charge in [0.2, 0.25) is 0 Å². The maximum absolute atomic E-state index is 8.65. The molecule has 1 unspecified atom stereocenters. The minimum atomic E-state index is 0.358. The van der Waals surface area contributed by atoms with E-state index in [4.69, 9.17) is 9.84 Å². The normalized spacial score (nSPS) is 51.4. The van der Waals surface area contributed by atoms with Gasteiger partial charge in [0.25, 0.3) is 0 Å². The third-order valence-corrected chi connectivity index (χ3v) is 2.08. The molecular weight excluding hydrogens is 104 g/mol. The average molecular weight is 114 g/mol. The van der Waals surface area contributed by atoms with E-state index in [0.717, 1.165) is 12.8 Å². The summed E-state index contributed by atoms with van der Waals surface area (Å²) in [7, 11) is 0. The lowest BCUT2D eigenvalue weighted by Gasteiger charge is -2.03. The summed E-state index contributed by atoms with van der Waals surface area (Å²) in [5.74, 6) is 0.554. The van der Waals surface area contributed by atoms with E-state index in [2.05, 4.69) is 0 Å². The number of aliphatic hydroxyl groups is 1. The zero-order valence-corrected chi connectivity index (χ0v) is 4.71. The van der Waals surface area contributed by atoms with Crippen molar-refractivity contribution in [2.24, 2.45) is 5.92 Å². The lowest BCUT2D eigenvalue weighted by Crippen LogP contribution is -2.03. The lowest BCUT2D eigenvalue weighted by atomic mass is 10.1. The van der Waals surface area contributed by atoms with Gasteiger partial charge in [-0.25, -0.2) is 0 Å². The van der Waals surface area contributed by atoms with Crippen LogP contribution in [0.1, 0.15) is 12.8 Å². The molecule has 1 N–H and O–H groups in total. The Labute approximate surface area is 48.5 Å². The van der Waals surface area contributed by atoms with Gasteiger partial charge < -0.3 is 9.84 Å². The van der Waals surface area contributed by atoms with Crippen molar-refractivity contribution in [3.63, 3.8) is 0 Å². The quantitative estimate of drug-likeness (QED) is 0.492. The van der Waals surface area contributed by atoms with E-state index in [9.17, 15) is 0 Å². The monoisotopic (exact) mass is 114 g/mol. The fourth-order valence-electron chi connectivity index (χ4n) is 1.50. The maximum atomic E-state index is 8.65. The summed E-state index contributed by atoms with van der Waals surface area (Å²) in [5, 5.41) is 8.65. The fraction of sp³-hybridized carbons (Fsp3) is 1.00. The molecule has 46 valence electrons. The Kier molecular flexibility index (Phi) is 0.866. The molecule has 2 heteroatoms. The van der Waals surface area contributed by atoms with Crippen molar-refractivity contribution < 1.29 is 9.84 Å². The summed E-state index contributed by atoms with van der Waals surface area (Å²) >= 11 is 0. The van der Waals surface area contributed by atoms with Gasteiger partial charge in [-0.3, -0.25) is 0 Å². The Bertz CT molecular complexity index is 92.7. The van der Waals surface area contributed by atoms with E-state index in [1.54, 1.807) is 0 Å². The molecule has 0 aromatic carbocycles. The summed E-state index contributed by atoms with van der Waals surface area (Å²) in [6, 6.07) is 0. The Morgan fingerprint density at radius 3 is 2.38 bits per heavy atom. The molecule has 2 aliphatic rings. The van der Waals surface area contributed by atoms with Crippen molar-refractivity contribution in [2.75, 3.05) is 6.61 Å². The van der Waals surface area contributed by atoms with Crippen molar-refractivity contribution in [2.45, 2.75) is 25.0 Å². The van der Waals surface area contributed by atoms with Crippen LogP contribution < -0.4 is 0 Å². The smallest absolute Gasteiger partial charge is 0.0845 e. The third kappa shape index (κ3) is 0.565. The average Bonchev–Trinajstić information content (AvgIpc) is 2.40. The highest BCUT2D eigenvalue weighted by Gasteiger charge is 2.47. The van der Waals surface area contributed by atoms with Crippen LogP contribution in [0.4, 0.5) is 0 Å². The molecule has 2 nitrogen and oxygen atoms in total. The SMILES string of the molecule is OC[C@@H]1CC2O[C@@H]2C1. The Balaban J connectivity index is 1.89. The molecule has 0 aromatic heterocycles. The molecule has 1 aliphatic heterocycles. The van der Waals surface area contributed by atoms with Gasteiger partial charge >= 0.3 is 0 Å². The highest BCUT2D eigenvalue weighted by molar-refractivity contribution is 4.95. The summed E-state index contributed by atoms with van der Waals surface area (Å²) < 4.78 is 5.17. The van der Waals surface area contributed by atoms with Crippen molar-refractivity contribution in [3.05, 3.63) is 0 Å². The standard InChI is InChI=1S/C6H10O2/c7-3-4-1-5-6(2-4)8-5/h4-7H,1-3H2/t4-,5+,6?/m0/s1. The minimum absolute atomic E-state index is 0.358. The van der Waals surface area contributed by atoms with Crippen LogP contribution in [-0.4, -0.2) is 23.9 Å². The first-order valence-corrected chi connectivity index (χ1v) is 3.16. The van der Waals surface area contributed by atoms with Gasteiger partial charge in [0, 0.05) is 6.61 Å². The molecule has 3 atom stereocenters. The van der Waals surface area contributed by atoms with Gasteiger partial charge in [0.15, 0.2) is 0 Å². The van der Waals surface area contributed by atoms with Gasteiger partial charge in [-0.1, -0.05) is 0 Å². The molecule has 0 bridgehead atoms. The van der Waals surface area contributed by atoms with E-state index >= 15 is 0 Å². The molecule has 0 radical (unpaired) electrons. The minimum Gasteiger partial charge on any atom is -0.396 e. The number of rotatable bonds is 1. The van der Waals surface area contributed by atoms with Gasteiger partial charge in [-0.05, 0) is 18.8 Å². The highest BCUT2D eigenvalue weighted by atomic mass is 16.6. The molecule has 1 saturated carbocycles. The van der Waals surface area contributed by atoms with Gasteiger partial charge in [-0.2, -0.15) is 0 Å². The number of ether oxygens (including phenoxy) is 1. The molecule has 1 aliphatic carbocycles. The van der Waals surface area contributed by atoms with Gasteiger partial charge in [0.1, 0.15) is 0 Å². The molecule has 8 heavy (non-hydrogen) atoms. The molecule has 1 saturated heterocycles. The zero-order valence-electron chi connectivity index (χ0n) is 4.71. The van der Waals surface area contributed by atoms with Crippen LogP contribution in [0.3, 0.4) is 0 Å². The number of aliphatic hydroxyl groups excluding tert-OH is 1. The Morgan fingerprint density at radius 2 is 2.00 bits per heavy atom. The second-order valence-corrected chi connectivity index (χ2v) is 2.73. The second kappa shape index (κ2) is 1.45. The number of fused-ring (bicyclic) bond motifs is 1. The first kappa shape index (κ1) is 4.77. The maximum Gasteiger partial charge on any atom is 0.0845 e. The Hall–Kier alpha value is -0.0800. The van der Waals surface area contributed by atoms with Crippen LogP contribution in [0, 0.1) is 5.92 Å². The predicted molar refractivity (Wildman–Crippen MR) is 28.5 cm³/mol. The summed E-state index contributed by atoms with van der Waals surface area (Å²) in [6.07, 6.45) is 3.27. The fourth-order valence-corrected chi connectivity index (χ4v) is 1.50. The van der Waals surface area contributed by atoms with E-state index in [1.807, 2.05) is 0 Å². The van der Waals surface area contributed by atoms with Crippen molar-refractivity contribution in [3.8, 4) is 0 Å². The highest BCUT2D eigenvalue weighted by Crippen LogP contribution is 2.41. The molecule has 1 heterocycles. The van der Waals surface area contributed by atoms with E-state index in [0.29, 0.717) is 24.7 Å². The largest absolute Gasteiger partial charge is 0.396 e. The van der Waals surface area contributed by atoms with Crippen molar-refractivity contribution in [1.29, 1.82) is 0 Å². The molecular formula is C6H10O2. The van der Waals surface area contributed by atoms with Crippen LogP contribution >= 0.6 is 0 Å². The van der Waals surface area contributed by atoms with Crippen molar-refractivity contribution >= 4 is 0 Å².